The monoisotopic (exact) mass is 345 g/mol. The van der Waals surface area contributed by atoms with E-state index >= 15 is 0 Å². The molecule has 0 radical (unpaired) electrons. The van der Waals surface area contributed by atoms with E-state index < -0.39 is 11.8 Å². The number of carbonyl (C=O) groups excluding carboxylic acids is 2. The zero-order chi connectivity index (χ0) is 16.5. The fourth-order valence-corrected chi connectivity index (χ4v) is 2.46. The first-order chi connectivity index (χ1) is 10.5. The van der Waals surface area contributed by atoms with E-state index in [4.69, 9.17) is 23.2 Å². The number of hydrogen-bond acceptors (Lipinski definition) is 3. The molecule has 0 aliphatic rings. The number of amides is 2. The molecule has 2 N–H and O–H groups in total. The van der Waals surface area contributed by atoms with Crippen molar-refractivity contribution in [2.45, 2.75) is 20.3 Å². The maximum atomic E-state index is 11.8. The highest BCUT2D eigenvalue weighted by atomic mass is 35.5. The quantitative estimate of drug-likeness (QED) is 0.590. The second-order valence-electron chi connectivity index (χ2n) is 4.75. The van der Waals surface area contributed by atoms with Crippen LogP contribution in [0, 0.1) is 0 Å². The third-order valence-corrected chi connectivity index (χ3v) is 3.59. The van der Waals surface area contributed by atoms with Crippen molar-refractivity contribution in [2.24, 2.45) is 0 Å². The summed E-state index contributed by atoms with van der Waals surface area (Å²) in [6, 6.07) is 4.60. The highest BCUT2D eigenvalue weighted by Crippen LogP contribution is 2.22. The zero-order valence-electron chi connectivity index (χ0n) is 12.8. The van der Waals surface area contributed by atoms with Crippen LogP contribution in [0.2, 0.25) is 10.0 Å². The van der Waals surface area contributed by atoms with Gasteiger partial charge >= 0.3 is 11.8 Å². The lowest BCUT2D eigenvalue weighted by Crippen LogP contribution is -2.37. The van der Waals surface area contributed by atoms with Crippen molar-refractivity contribution in [2.75, 3.05) is 31.5 Å². The van der Waals surface area contributed by atoms with Crippen LogP contribution in [0.5, 0.6) is 0 Å². The van der Waals surface area contributed by atoms with Gasteiger partial charge in [-0.1, -0.05) is 37.0 Å². The van der Waals surface area contributed by atoms with Crippen LogP contribution in [0.15, 0.2) is 18.2 Å². The minimum absolute atomic E-state index is 0.390. The number of nitrogens with one attached hydrogen (secondary N) is 2. The largest absolute Gasteiger partial charge is 0.348 e. The highest BCUT2D eigenvalue weighted by Gasteiger charge is 2.13. The third-order valence-electron chi connectivity index (χ3n) is 3.16. The first-order valence-electron chi connectivity index (χ1n) is 7.23. The number of benzene rings is 1. The molecule has 0 fully saturated rings. The van der Waals surface area contributed by atoms with Gasteiger partial charge in [0.2, 0.25) is 0 Å². The SMILES string of the molecule is CCN(CC)CCCNC(=O)C(=O)Nc1cc(Cl)cc(Cl)c1. The number of anilines is 1. The number of rotatable bonds is 7. The third kappa shape index (κ3) is 6.64. The topological polar surface area (TPSA) is 61.4 Å². The van der Waals surface area contributed by atoms with Crippen molar-refractivity contribution >= 4 is 40.7 Å². The zero-order valence-corrected chi connectivity index (χ0v) is 14.3. The first kappa shape index (κ1) is 18.7. The molecular weight excluding hydrogens is 325 g/mol. The average molecular weight is 346 g/mol. The van der Waals surface area contributed by atoms with Crippen LogP contribution in [-0.4, -0.2) is 42.9 Å². The molecule has 1 aromatic rings. The predicted octanol–water partition coefficient (Wildman–Crippen LogP) is 2.78. The number of nitrogens with zero attached hydrogens (tertiary/aromatic N) is 1. The highest BCUT2D eigenvalue weighted by molar-refractivity contribution is 6.40. The summed E-state index contributed by atoms with van der Waals surface area (Å²) < 4.78 is 0. The second-order valence-corrected chi connectivity index (χ2v) is 5.62. The van der Waals surface area contributed by atoms with Crippen LogP contribution in [0.3, 0.4) is 0 Å². The molecule has 0 bridgehead atoms. The molecule has 2 amide bonds. The molecule has 1 rings (SSSR count). The van der Waals surface area contributed by atoms with E-state index in [1.807, 2.05) is 0 Å². The van der Waals surface area contributed by atoms with Gasteiger partial charge in [-0.15, -0.1) is 0 Å². The van der Waals surface area contributed by atoms with Crippen molar-refractivity contribution in [3.8, 4) is 0 Å². The van der Waals surface area contributed by atoms with Gasteiger partial charge in [-0.3, -0.25) is 9.59 Å². The molecule has 1 aromatic carbocycles. The minimum atomic E-state index is -0.735. The molecule has 0 aromatic heterocycles. The maximum Gasteiger partial charge on any atom is 0.313 e. The smallest absolute Gasteiger partial charge is 0.313 e. The van der Waals surface area contributed by atoms with Crippen LogP contribution >= 0.6 is 23.2 Å². The Morgan fingerprint density at radius 3 is 2.18 bits per heavy atom. The molecule has 0 saturated carbocycles. The van der Waals surface area contributed by atoms with Gasteiger partial charge in [0.15, 0.2) is 0 Å². The van der Waals surface area contributed by atoms with Crippen molar-refractivity contribution in [3.63, 3.8) is 0 Å². The van der Waals surface area contributed by atoms with Gasteiger partial charge in [-0.2, -0.15) is 0 Å². The number of carbonyl (C=O) groups is 2. The van der Waals surface area contributed by atoms with E-state index in [1.54, 1.807) is 6.07 Å². The number of halogens is 2. The Morgan fingerprint density at radius 2 is 1.64 bits per heavy atom. The summed E-state index contributed by atoms with van der Waals surface area (Å²) in [7, 11) is 0. The van der Waals surface area contributed by atoms with Gasteiger partial charge in [0, 0.05) is 22.3 Å². The maximum absolute atomic E-state index is 11.8. The molecule has 0 atom stereocenters. The Balaban J connectivity index is 2.37. The molecule has 22 heavy (non-hydrogen) atoms. The summed E-state index contributed by atoms with van der Waals surface area (Å²) in [4.78, 5) is 25.7. The molecule has 0 aliphatic carbocycles. The first-order valence-corrected chi connectivity index (χ1v) is 7.99. The van der Waals surface area contributed by atoms with Crippen molar-refractivity contribution in [1.82, 2.24) is 10.2 Å². The van der Waals surface area contributed by atoms with Gasteiger partial charge in [0.1, 0.15) is 0 Å². The van der Waals surface area contributed by atoms with Crippen molar-refractivity contribution < 1.29 is 9.59 Å². The van der Waals surface area contributed by atoms with Gasteiger partial charge < -0.3 is 15.5 Å². The van der Waals surface area contributed by atoms with Gasteiger partial charge in [-0.25, -0.2) is 0 Å². The molecule has 0 heterocycles. The molecule has 0 unspecified atom stereocenters. The van der Waals surface area contributed by atoms with E-state index in [-0.39, 0.29) is 0 Å². The molecule has 122 valence electrons. The molecule has 5 nitrogen and oxygen atoms in total. The van der Waals surface area contributed by atoms with Crippen LogP contribution in [0.25, 0.3) is 0 Å². The fraction of sp³-hybridized carbons (Fsp3) is 0.467. The fourth-order valence-electron chi connectivity index (χ4n) is 1.94. The van der Waals surface area contributed by atoms with Gasteiger partial charge in [0.05, 0.1) is 0 Å². The van der Waals surface area contributed by atoms with Crippen LogP contribution in [0.1, 0.15) is 20.3 Å². The Morgan fingerprint density at radius 1 is 1.05 bits per heavy atom. The van der Waals surface area contributed by atoms with E-state index in [0.29, 0.717) is 22.3 Å². The lowest BCUT2D eigenvalue weighted by molar-refractivity contribution is -0.136. The Kier molecular flexibility index (Phi) is 8.24. The Bertz CT molecular complexity index is 499. The van der Waals surface area contributed by atoms with E-state index in [2.05, 4.69) is 29.4 Å². The van der Waals surface area contributed by atoms with E-state index in [0.717, 1.165) is 26.1 Å². The summed E-state index contributed by atoms with van der Waals surface area (Å²) in [6.07, 6.45) is 0.795. The molecular formula is C15H21Cl2N3O2. The molecule has 0 aliphatic heterocycles. The summed E-state index contributed by atoms with van der Waals surface area (Å²) >= 11 is 11.7. The lowest BCUT2D eigenvalue weighted by atomic mass is 10.3. The molecule has 0 spiro atoms. The summed E-state index contributed by atoms with van der Waals surface area (Å²) in [5.41, 5.74) is 0.390. The Labute approximate surface area is 141 Å². The molecule has 7 heteroatoms. The van der Waals surface area contributed by atoms with Gasteiger partial charge in [0.25, 0.3) is 0 Å². The van der Waals surface area contributed by atoms with Crippen molar-refractivity contribution in [3.05, 3.63) is 28.2 Å². The van der Waals surface area contributed by atoms with Crippen molar-refractivity contribution in [1.29, 1.82) is 0 Å². The van der Waals surface area contributed by atoms with Crippen LogP contribution in [0.4, 0.5) is 5.69 Å². The standard InChI is InChI=1S/C15H21Cl2N3O2/c1-3-20(4-2)7-5-6-18-14(21)15(22)19-13-9-11(16)8-12(17)10-13/h8-10H,3-7H2,1-2H3,(H,18,21)(H,19,22). The number of hydrogen-bond donors (Lipinski definition) is 2. The summed E-state index contributed by atoms with van der Waals surface area (Å²) in [5, 5.41) is 5.84. The Hall–Kier alpha value is -1.30. The minimum Gasteiger partial charge on any atom is -0.348 e. The van der Waals surface area contributed by atoms with Gasteiger partial charge in [-0.05, 0) is 44.3 Å². The lowest BCUT2D eigenvalue weighted by Gasteiger charge is -2.17. The second kappa shape index (κ2) is 9.66. The normalized spacial score (nSPS) is 10.6. The summed E-state index contributed by atoms with van der Waals surface area (Å²) in [6.45, 7) is 7.47. The average Bonchev–Trinajstić information content (AvgIpc) is 2.46. The van der Waals surface area contributed by atoms with E-state index in [9.17, 15) is 9.59 Å². The van der Waals surface area contributed by atoms with E-state index in [1.165, 1.54) is 12.1 Å². The summed E-state index contributed by atoms with van der Waals surface area (Å²) in [5.74, 6) is -1.41. The van der Waals surface area contributed by atoms with Crippen LogP contribution < -0.4 is 10.6 Å². The molecule has 0 saturated heterocycles. The predicted molar refractivity (Wildman–Crippen MR) is 90.5 cm³/mol. The van der Waals surface area contributed by atoms with Crippen LogP contribution in [-0.2, 0) is 9.59 Å².